The Labute approximate surface area is 149 Å². The predicted octanol–water partition coefficient (Wildman–Crippen LogP) is 3.35. The van der Waals surface area contributed by atoms with Gasteiger partial charge in [0.1, 0.15) is 6.61 Å². The number of hydrogen-bond donors (Lipinski definition) is 1. The van der Waals surface area contributed by atoms with Crippen molar-refractivity contribution in [2.75, 3.05) is 19.7 Å². The lowest BCUT2D eigenvalue weighted by molar-refractivity contribution is 0.0345. The van der Waals surface area contributed by atoms with Gasteiger partial charge in [-0.05, 0) is 49.5 Å². The van der Waals surface area contributed by atoms with E-state index in [9.17, 15) is 4.79 Å². The first-order valence-corrected chi connectivity index (χ1v) is 8.94. The summed E-state index contributed by atoms with van der Waals surface area (Å²) in [6.45, 7) is 2.97. The van der Waals surface area contributed by atoms with E-state index in [1.54, 1.807) is 0 Å². The van der Waals surface area contributed by atoms with Crippen molar-refractivity contribution in [2.45, 2.75) is 32.0 Å². The Morgan fingerprint density at radius 3 is 2.52 bits per heavy atom. The molecule has 0 aliphatic carbocycles. The van der Waals surface area contributed by atoms with E-state index in [0.29, 0.717) is 24.9 Å². The number of carbonyl (C=O) groups is 1. The molecule has 132 valence electrons. The van der Waals surface area contributed by atoms with E-state index < -0.39 is 0 Å². The first-order valence-electron chi connectivity index (χ1n) is 8.94. The Morgan fingerprint density at radius 1 is 1.00 bits per heavy atom. The van der Waals surface area contributed by atoms with Crippen molar-refractivity contribution >= 4 is 5.97 Å². The van der Waals surface area contributed by atoms with Crippen LogP contribution in [0.25, 0.3) is 0 Å². The third-order valence-electron chi connectivity index (χ3n) is 4.46. The molecule has 2 aromatic rings. The zero-order chi connectivity index (χ0) is 17.3. The van der Waals surface area contributed by atoms with Crippen molar-refractivity contribution in [1.82, 2.24) is 5.32 Å². The van der Waals surface area contributed by atoms with E-state index in [-0.39, 0.29) is 5.97 Å². The molecule has 1 saturated heterocycles. The molecule has 0 saturated carbocycles. The van der Waals surface area contributed by atoms with Crippen LogP contribution in [0.2, 0.25) is 0 Å². The maximum Gasteiger partial charge on any atom is 0.338 e. The minimum atomic E-state index is -0.277. The Morgan fingerprint density at radius 2 is 1.72 bits per heavy atom. The van der Waals surface area contributed by atoms with Gasteiger partial charge in [-0.2, -0.15) is 0 Å². The van der Waals surface area contributed by atoms with E-state index in [1.807, 2.05) is 54.6 Å². The number of nitrogens with one attached hydrogen (secondary N) is 1. The Bertz CT molecular complexity index is 666. The van der Waals surface area contributed by atoms with Crippen LogP contribution in [0.5, 0.6) is 0 Å². The number of esters is 1. The molecule has 0 amide bonds. The first-order chi connectivity index (χ1) is 12.3. The third-order valence-corrected chi connectivity index (χ3v) is 4.46. The molecule has 1 heterocycles. The number of carbonyl (C=O) groups excluding carboxylic acids is 1. The molecule has 0 atom stereocenters. The highest BCUT2D eigenvalue weighted by atomic mass is 16.5. The van der Waals surface area contributed by atoms with Crippen LogP contribution in [0.1, 0.15) is 34.3 Å². The molecule has 0 spiro atoms. The maximum absolute atomic E-state index is 12.4. The average Bonchev–Trinajstić information content (AvgIpc) is 2.68. The molecule has 3 rings (SSSR count). The minimum absolute atomic E-state index is 0.277. The number of benzene rings is 2. The summed E-state index contributed by atoms with van der Waals surface area (Å²) >= 11 is 0. The lowest BCUT2D eigenvalue weighted by Crippen LogP contribution is -2.32. The number of ether oxygens (including phenoxy) is 2. The largest absolute Gasteiger partial charge is 0.457 e. The van der Waals surface area contributed by atoms with Gasteiger partial charge in [0.15, 0.2) is 0 Å². The Kier molecular flexibility index (Phi) is 6.60. The molecular formula is C21H25NO3. The number of hydrogen-bond acceptors (Lipinski definition) is 4. The summed E-state index contributed by atoms with van der Waals surface area (Å²) in [4.78, 5) is 12.4. The molecule has 0 unspecified atom stereocenters. The standard InChI is InChI=1S/C21H25NO3/c23-21(25-16-17-6-2-1-3-7-17)20-9-5-4-8-18(20)12-15-24-19-10-13-22-14-11-19/h1-9,19,22H,10-16H2. The van der Waals surface area contributed by atoms with Crippen LogP contribution >= 0.6 is 0 Å². The minimum Gasteiger partial charge on any atom is -0.457 e. The molecule has 4 heteroatoms. The lowest BCUT2D eigenvalue weighted by atomic mass is 10.0. The molecular weight excluding hydrogens is 314 g/mol. The molecule has 4 nitrogen and oxygen atoms in total. The Hall–Kier alpha value is -2.17. The fourth-order valence-corrected chi connectivity index (χ4v) is 3.04. The molecule has 1 aliphatic rings. The predicted molar refractivity (Wildman–Crippen MR) is 97.6 cm³/mol. The van der Waals surface area contributed by atoms with Crippen LogP contribution in [0.4, 0.5) is 0 Å². The van der Waals surface area contributed by atoms with Gasteiger partial charge in [-0.3, -0.25) is 0 Å². The number of piperidine rings is 1. The molecule has 2 aromatic carbocycles. The van der Waals surface area contributed by atoms with E-state index in [0.717, 1.165) is 43.5 Å². The van der Waals surface area contributed by atoms with Gasteiger partial charge in [0, 0.05) is 0 Å². The second kappa shape index (κ2) is 9.35. The van der Waals surface area contributed by atoms with Crippen LogP contribution in [0.3, 0.4) is 0 Å². The summed E-state index contributed by atoms with van der Waals surface area (Å²) in [5, 5.41) is 3.33. The van der Waals surface area contributed by atoms with Gasteiger partial charge in [-0.25, -0.2) is 4.79 Å². The van der Waals surface area contributed by atoms with Crippen molar-refractivity contribution in [3.63, 3.8) is 0 Å². The van der Waals surface area contributed by atoms with Crippen molar-refractivity contribution < 1.29 is 14.3 Å². The van der Waals surface area contributed by atoms with Crippen LogP contribution in [0.15, 0.2) is 54.6 Å². The monoisotopic (exact) mass is 339 g/mol. The second-order valence-electron chi connectivity index (χ2n) is 6.29. The van der Waals surface area contributed by atoms with Gasteiger partial charge in [-0.15, -0.1) is 0 Å². The second-order valence-corrected chi connectivity index (χ2v) is 6.29. The highest BCUT2D eigenvalue weighted by Gasteiger charge is 2.15. The molecule has 25 heavy (non-hydrogen) atoms. The highest BCUT2D eigenvalue weighted by molar-refractivity contribution is 5.91. The smallest absolute Gasteiger partial charge is 0.338 e. The van der Waals surface area contributed by atoms with Gasteiger partial charge >= 0.3 is 5.97 Å². The maximum atomic E-state index is 12.4. The summed E-state index contributed by atoms with van der Waals surface area (Å²) in [7, 11) is 0. The van der Waals surface area contributed by atoms with Gasteiger partial charge in [0.05, 0.1) is 18.3 Å². The summed E-state index contributed by atoms with van der Waals surface area (Å²) in [6, 6.07) is 17.4. The summed E-state index contributed by atoms with van der Waals surface area (Å²) in [5.41, 5.74) is 2.60. The van der Waals surface area contributed by atoms with E-state index in [2.05, 4.69) is 5.32 Å². The molecule has 1 N–H and O–H groups in total. The summed E-state index contributed by atoms with van der Waals surface area (Å²) in [6.07, 6.45) is 3.17. The zero-order valence-electron chi connectivity index (χ0n) is 14.4. The average molecular weight is 339 g/mol. The van der Waals surface area contributed by atoms with Crippen LogP contribution in [0, 0.1) is 0 Å². The van der Waals surface area contributed by atoms with Gasteiger partial charge in [0.25, 0.3) is 0 Å². The zero-order valence-corrected chi connectivity index (χ0v) is 14.4. The third kappa shape index (κ3) is 5.41. The van der Waals surface area contributed by atoms with Gasteiger partial charge in [0.2, 0.25) is 0 Å². The molecule has 1 fully saturated rings. The normalized spacial score (nSPS) is 15.0. The molecule has 0 aromatic heterocycles. The van der Waals surface area contributed by atoms with Crippen LogP contribution in [-0.4, -0.2) is 31.8 Å². The SMILES string of the molecule is O=C(OCc1ccccc1)c1ccccc1CCOC1CCNCC1. The van der Waals surface area contributed by atoms with Crippen LogP contribution < -0.4 is 5.32 Å². The van der Waals surface area contributed by atoms with E-state index in [4.69, 9.17) is 9.47 Å². The molecule has 0 bridgehead atoms. The van der Waals surface area contributed by atoms with Crippen molar-refractivity contribution in [2.24, 2.45) is 0 Å². The van der Waals surface area contributed by atoms with Gasteiger partial charge < -0.3 is 14.8 Å². The van der Waals surface area contributed by atoms with Gasteiger partial charge in [-0.1, -0.05) is 48.5 Å². The summed E-state index contributed by atoms with van der Waals surface area (Å²) in [5.74, 6) is -0.277. The van der Waals surface area contributed by atoms with Crippen molar-refractivity contribution in [3.8, 4) is 0 Å². The van der Waals surface area contributed by atoms with Crippen molar-refractivity contribution in [3.05, 3.63) is 71.3 Å². The molecule has 0 radical (unpaired) electrons. The van der Waals surface area contributed by atoms with E-state index >= 15 is 0 Å². The highest BCUT2D eigenvalue weighted by Crippen LogP contribution is 2.14. The molecule has 1 aliphatic heterocycles. The fourth-order valence-electron chi connectivity index (χ4n) is 3.04. The number of rotatable bonds is 7. The van der Waals surface area contributed by atoms with Crippen LogP contribution in [-0.2, 0) is 22.5 Å². The fraction of sp³-hybridized carbons (Fsp3) is 0.381. The first kappa shape index (κ1) is 17.6. The topological polar surface area (TPSA) is 47.6 Å². The quantitative estimate of drug-likeness (QED) is 0.786. The summed E-state index contributed by atoms with van der Waals surface area (Å²) < 4.78 is 11.4. The Balaban J connectivity index is 1.53. The lowest BCUT2D eigenvalue weighted by Gasteiger charge is -2.23. The van der Waals surface area contributed by atoms with E-state index in [1.165, 1.54) is 0 Å². The van der Waals surface area contributed by atoms with Crippen molar-refractivity contribution in [1.29, 1.82) is 0 Å².